The molecule has 1 atom stereocenters. The minimum atomic E-state index is 0.188. The van der Waals surface area contributed by atoms with Gasteiger partial charge in [0.05, 0.1) is 19.3 Å². The third-order valence-electron chi connectivity index (χ3n) is 5.98. The molecule has 0 radical (unpaired) electrons. The van der Waals surface area contributed by atoms with Crippen LogP contribution in [-0.4, -0.2) is 24.7 Å². The van der Waals surface area contributed by atoms with Gasteiger partial charge in [-0.2, -0.15) is 0 Å². The topological polar surface area (TPSA) is 46.3 Å². The molecule has 27 heavy (non-hydrogen) atoms. The van der Waals surface area contributed by atoms with Gasteiger partial charge in [-0.3, -0.25) is 0 Å². The summed E-state index contributed by atoms with van der Waals surface area (Å²) in [5.74, 6) is 1.90. The van der Waals surface area contributed by atoms with Crippen LogP contribution in [0.2, 0.25) is 0 Å². The van der Waals surface area contributed by atoms with Gasteiger partial charge in [-0.05, 0) is 73.6 Å². The summed E-state index contributed by atoms with van der Waals surface area (Å²) in [5, 5.41) is 4.95. The van der Waals surface area contributed by atoms with E-state index in [9.17, 15) is 0 Å². The minimum Gasteiger partial charge on any atom is -0.497 e. The number of H-pyrrole nitrogens is 1. The first-order valence-electron chi connectivity index (χ1n) is 10.0. The molecule has 0 amide bonds. The van der Waals surface area contributed by atoms with Gasteiger partial charge in [0.1, 0.15) is 11.5 Å². The first-order valence-corrected chi connectivity index (χ1v) is 10.0. The predicted octanol–water partition coefficient (Wildman–Crippen LogP) is 4.73. The van der Waals surface area contributed by atoms with Crippen LogP contribution in [0.1, 0.15) is 48.5 Å². The molecule has 4 nitrogen and oxygen atoms in total. The second-order valence-electron chi connectivity index (χ2n) is 7.66. The average Bonchev–Trinajstić information content (AvgIpc) is 3.35. The number of ether oxygens (including phenoxy) is 2. The fourth-order valence-corrected chi connectivity index (χ4v) is 4.56. The molecule has 2 N–H and O–H groups in total. The van der Waals surface area contributed by atoms with Crippen molar-refractivity contribution >= 4 is 10.9 Å². The number of hydrogen-bond donors (Lipinski definition) is 2. The van der Waals surface area contributed by atoms with Crippen molar-refractivity contribution in [1.82, 2.24) is 10.3 Å². The van der Waals surface area contributed by atoms with Gasteiger partial charge in [-0.25, -0.2) is 0 Å². The Morgan fingerprint density at radius 2 is 1.74 bits per heavy atom. The molecule has 2 aliphatic rings. The van der Waals surface area contributed by atoms with Crippen molar-refractivity contribution in [3.63, 3.8) is 0 Å². The van der Waals surface area contributed by atoms with Crippen LogP contribution in [0.3, 0.4) is 0 Å². The van der Waals surface area contributed by atoms with Crippen LogP contribution in [0.25, 0.3) is 10.9 Å². The van der Waals surface area contributed by atoms with Gasteiger partial charge in [0.15, 0.2) is 0 Å². The Morgan fingerprint density at radius 3 is 2.52 bits per heavy atom. The van der Waals surface area contributed by atoms with Crippen LogP contribution in [0, 0.1) is 0 Å². The van der Waals surface area contributed by atoms with E-state index < -0.39 is 0 Å². The van der Waals surface area contributed by atoms with Crippen LogP contribution < -0.4 is 14.8 Å². The summed E-state index contributed by atoms with van der Waals surface area (Å²) in [6.07, 6.45) is 6.40. The number of rotatable bonds is 4. The number of hydrogen-bond acceptors (Lipinski definition) is 3. The fourth-order valence-electron chi connectivity index (χ4n) is 4.56. The highest BCUT2D eigenvalue weighted by Crippen LogP contribution is 2.35. The summed E-state index contributed by atoms with van der Waals surface area (Å²) in [6, 6.07) is 15.1. The van der Waals surface area contributed by atoms with Crippen LogP contribution >= 0.6 is 0 Å². The quantitative estimate of drug-likeness (QED) is 0.705. The monoisotopic (exact) mass is 362 g/mol. The number of aromatic amines is 1. The molecule has 5 rings (SSSR count). The lowest BCUT2D eigenvalue weighted by molar-refractivity contribution is 0.210. The number of methoxy groups -OCH3 is 1. The summed E-state index contributed by atoms with van der Waals surface area (Å²) in [6.45, 7) is 0.974. The van der Waals surface area contributed by atoms with Gasteiger partial charge in [-0.1, -0.05) is 12.1 Å². The molecule has 4 heteroatoms. The standard InChI is InChI=1S/C23H26N2O2/c1-26-18-10-11-21-20(14-18)19-12-13-24-22(23(19)25-21)15-6-8-17(9-7-15)27-16-4-2-3-5-16/h6-11,14,16,22,24-25H,2-5,12-13H2,1H3/t22-/m1/s1. The molecule has 0 saturated heterocycles. The maximum Gasteiger partial charge on any atom is 0.119 e. The Bertz CT molecular complexity index is 939. The Kier molecular flexibility index (Phi) is 4.29. The number of fused-ring (bicyclic) bond motifs is 3. The van der Waals surface area contributed by atoms with Crippen molar-refractivity contribution in [2.24, 2.45) is 0 Å². The zero-order chi connectivity index (χ0) is 18.2. The van der Waals surface area contributed by atoms with Crippen molar-refractivity contribution in [3.8, 4) is 11.5 Å². The average molecular weight is 362 g/mol. The normalized spacial score (nSPS) is 20.0. The van der Waals surface area contributed by atoms with Crippen LogP contribution in [0.5, 0.6) is 11.5 Å². The van der Waals surface area contributed by atoms with Gasteiger partial charge < -0.3 is 19.8 Å². The van der Waals surface area contributed by atoms with Crippen LogP contribution in [0.4, 0.5) is 0 Å². The van der Waals surface area contributed by atoms with Gasteiger partial charge in [0.2, 0.25) is 0 Å². The lowest BCUT2D eigenvalue weighted by Gasteiger charge is -2.25. The molecule has 1 aromatic heterocycles. The van der Waals surface area contributed by atoms with E-state index in [1.165, 1.54) is 53.4 Å². The van der Waals surface area contributed by atoms with E-state index in [0.717, 1.165) is 24.5 Å². The molecule has 2 heterocycles. The summed E-state index contributed by atoms with van der Waals surface area (Å²) in [7, 11) is 1.72. The molecule has 1 aliphatic carbocycles. The summed E-state index contributed by atoms with van der Waals surface area (Å²) in [4.78, 5) is 3.64. The van der Waals surface area contributed by atoms with Crippen molar-refractivity contribution < 1.29 is 9.47 Å². The predicted molar refractivity (Wildman–Crippen MR) is 108 cm³/mol. The highest BCUT2D eigenvalue weighted by molar-refractivity contribution is 5.86. The SMILES string of the molecule is COc1ccc2[nH]c3c(c2c1)CCN[C@@H]3c1ccc(OC2CCCC2)cc1. The molecule has 0 bridgehead atoms. The zero-order valence-corrected chi connectivity index (χ0v) is 15.8. The van der Waals surface area contributed by atoms with E-state index in [4.69, 9.17) is 9.47 Å². The summed E-state index contributed by atoms with van der Waals surface area (Å²) < 4.78 is 11.5. The van der Waals surface area contributed by atoms with Crippen molar-refractivity contribution in [1.29, 1.82) is 0 Å². The minimum absolute atomic E-state index is 0.188. The summed E-state index contributed by atoms with van der Waals surface area (Å²) >= 11 is 0. The molecular formula is C23H26N2O2. The number of nitrogens with one attached hydrogen (secondary N) is 2. The molecular weight excluding hydrogens is 336 g/mol. The molecule has 1 saturated carbocycles. The van der Waals surface area contributed by atoms with Gasteiger partial charge in [-0.15, -0.1) is 0 Å². The molecule has 0 spiro atoms. The molecule has 140 valence electrons. The first kappa shape index (κ1) is 16.7. The highest BCUT2D eigenvalue weighted by atomic mass is 16.5. The molecule has 3 aromatic rings. The van der Waals surface area contributed by atoms with Gasteiger partial charge in [0, 0.05) is 23.1 Å². The summed E-state index contributed by atoms with van der Waals surface area (Å²) in [5.41, 5.74) is 5.12. The van der Waals surface area contributed by atoms with Crippen LogP contribution in [-0.2, 0) is 6.42 Å². The Labute approximate surface area is 159 Å². The van der Waals surface area contributed by atoms with Crippen LogP contribution in [0.15, 0.2) is 42.5 Å². The smallest absolute Gasteiger partial charge is 0.119 e. The third kappa shape index (κ3) is 3.08. The van der Waals surface area contributed by atoms with E-state index >= 15 is 0 Å². The molecule has 0 unspecified atom stereocenters. The Balaban J connectivity index is 1.44. The Hall–Kier alpha value is -2.46. The maximum atomic E-state index is 6.12. The van der Waals surface area contributed by atoms with Gasteiger partial charge in [0.25, 0.3) is 0 Å². The van der Waals surface area contributed by atoms with Crippen molar-refractivity contribution in [2.45, 2.75) is 44.2 Å². The largest absolute Gasteiger partial charge is 0.497 e. The third-order valence-corrected chi connectivity index (χ3v) is 5.98. The fraction of sp³-hybridized carbons (Fsp3) is 0.391. The second-order valence-corrected chi connectivity index (χ2v) is 7.66. The Morgan fingerprint density at radius 1 is 0.963 bits per heavy atom. The molecule has 2 aromatic carbocycles. The lowest BCUT2D eigenvalue weighted by Crippen LogP contribution is -2.30. The molecule has 1 aliphatic heterocycles. The van der Waals surface area contributed by atoms with Crippen molar-refractivity contribution in [3.05, 3.63) is 59.3 Å². The number of aromatic nitrogens is 1. The van der Waals surface area contributed by atoms with Gasteiger partial charge >= 0.3 is 0 Å². The highest BCUT2D eigenvalue weighted by Gasteiger charge is 2.25. The van der Waals surface area contributed by atoms with Crippen molar-refractivity contribution in [2.75, 3.05) is 13.7 Å². The first-order chi connectivity index (χ1) is 13.3. The lowest BCUT2D eigenvalue weighted by atomic mass is 9.94. The molecule has 1 fully saturated rings. The van der Waals surface area contributed by atoms with E-state index in [1.54, 1.807) is 7.11 Å². The maximum absolute atomic E-state index is 6.12. The zero-order valence-electron chi connectivity index (χ0n) is 15.8. The second kappa shape index (κ2) is 6.93. The number of benzene rings is 2. The van der Waals surface area contributed by atoms with E-state index in [2.05, 4.69) is 46.7 Å². The van der Waals surface area contributed by atoms with E-state index in [0.29, 0.717) is 6.10 Å². The van der Waals surface area contributed by atoms with E-state index in [-0.39, 0.29) is 6.04 Å². The van der Waals surface area contributed by atoms with E-state index in [1.807, 2.05) is 6.07 Å².